The zero-order valence-corrected chi connectivity index (χ0v) is 17.9. The second-order valence-electron chi connectivity index (χ2n) is 8.96. The van der Waals surface area contributed by atoms with E-state index in [0.717, 1.165) is 6.42 Å². The second kappa shape index (κ2) is 6.14. The minimum atomic E-state index is -0.876. The quantitative estimate of drug-likeness (QED) is 0.593. The smallest absolute Gasteiger partial charge is 0.00184 e. The molecule has 1 aliphatic rings. The molecule has 0 radical (unpaired) electrons. The van der Waals surface area contributed by atoms with E-state index in [4.69, 9.17) is 0 Å². The van der Waals surface area contributed by atoms with Crippen LogP contribution in [0.25, 0.3) is 11.1 Å². The van der Waals surface area contributed by atoms with E-state index in [2.05, 4.69) is 82.2 Å². The molecule has 0 saturated carbocycles. The fourth-order valence-corrected chi connectivity index (χ4v) is 7.21. The third-order valence-corrected chi connectivity index (χ3v) is 8.60. The Hall–Kier alpha value is -0.860. The van der Waals surface area contributed by atoms with Crippen LogP contribution in [0.5, 0.6) is 0 Å². The maximum Gasteiger partial charge on any atom is 0.00184 e. The molecule has 0 nitrogen and oxygen atoms in total. The molecule has 0 amide bonds. The minimum absolute atomic E-state index is 0.116. The maximum absolute atomic E-state index is 2.51. The van der Waals surface area contributed by atoms with Crippen LogP contribution in [-0.4, -0.2) is 25.0 Å². The lowest BCUT2D eigenvalue weighted by molar-refractivity contribution is 0.411. The molecule has 3 rings (SSSR count). The van der Waals surface area contributed by atoms with Gasteiger partial charge in [-0.05, 0) is 77.0 Å². The van der Waals surface area contributed by atoms with Gasteiger partial charge in [0.15, 0.2) is 0 Å². The summed E-state index contributed by atoms with van der Waals surface area (Å²) < 4.78 is 0. The van der Waals surface area contributed by atoms with E-state index < -0.39 is 10.0 Å². The van der Waals surface area contributed by atoms with Crippen molar-refractivity contribution in [2.45, 2.75) is 42.7 Å². The molecular weight excluding hydrogens is 328 g/mol. The Morgan fingerprint density at radius 1 is 0.833 bits per heavy atom. The van der Waals surface area contributed by atoms with Crippen molar-refractivity contribution in [3.05, 3.63) is 47.5 Å². The molecule has 2 aromatic rings. The summed E-state index contributed by atoms with van der Waals surface area (Å²) in [7, 11) is -0.761. The van der Waals surface area contributed by atoms with Gasteiger partial charge in [0.2, 0.25) is 0 Å². The van der Waals surface area contributed by atoms with Gasteiger partial charge in [-0.15, -0.1) is 0 Å². The van der Waals surface area contributed by atoms with Crippen LogP contribution >= 0.6 is 20.9 Å². The number of thiol groups is 1. The summed E-state index contributed by atoms with van der Waals surface area (Å²) in [6.07, 6.45) is 10.8. The highest BCUT2D eigenvalue weighted by molar-refractivity contribution is 8.33. The topological polar surface area (TPSA) is 0 Å². The van der Waals surface area contributed by atoms with E-state index in [0.29, 0.717) is 5.41 Å². The van der Waals surface area contributed by atoms with E-state index in [1.54, 1.807) is 9.79 Å². The largest absolute Gasteiger partial charge is 0.255 e. The highest BCUT2D eigenvalue weighted by Crippen LogP contribution is 2.67. The van der Waals surface area contributed by atoms with Crippen LogP contribution in [0.4, 0.5) is 0 Å². The summed E-state index contributed by atoms with van der Waals surface area (Å²) in [5.74, 6) is 1.24. The Balaban J connectivity index is 2.07. The summed E-state index contributed by atoms with van der Waals surface area (Å²) in [6.45, 7) is 6.97. The molecule has 0 unspecified atom stereocenters. The molecule has 0 atom stereocenters. The zero-order valence-electron chi connectivity index (χ0n) is 16.2. The summed E-state index contributed by atoms with van der Waals surface area (Å²) in [5.41, 5.74) is 6.31. The van der Waals surface area contributed by atoms with Crippen molar-refractivity contribution >= 4 is 20.9 Å². The zero-order chi connectivity index (χ0) is 17.7. The van der Waals surface area contributed by atoms with Crippen LogP contribution in [0.15, 0.2) is 46.2 Å². The van der Waals surface area contributed by atoms with Crippen molar-refractivity contribution in [2.75, 3.05) is 25.0 Å². The maximum atomic E-state index is 2.51. The van der Waals surface area contributed by atoms with E-state index in [-0.39, 0.29) is 10.9 Å². The highest BCUT2D eigenvalue weighted by atomic mass is 32.3. The summed E-state index contributed by atoms with van der Waals surface area (Å²) in [5, 5.41) is 0. The summed E-state index contributed by atoms with van der Waals surface area (Å²) in [6, 6.07) is 14.5. The van der Waals surface area contributed by atoms with E-state index in [1.165, 1.54) is 28.0 Å². The first-order chi connectivity index (χ1) is 11.1. The molecule has 0 bridgehead atoms. The average molecular weight is 361 g/mol. The SMILES string of the molecule is C[SH](C)Cc1ccc2c(c1)S(C)(C)c1ccc(CC(C)(C)C)cc1-2. The first-order valence-corrected chi connectivity index (χ1v) is 13.6. The highest BCUT2D eigenvalue weighted by Gasteiger charge is 2.32. The Morgan fingerprint density at radius 3 is 2.12 bits per heavy atom. The Labute approximate surface area is 152 Å². The van der Waals surface area contributed by atoms with Gasteiger partial charge >= 0.3 is 0 Å². The molecule has 0 saturated heterocycles. The van der Waals surface area contributed by atoms with Gasteiger partial charge < -0.3 is 0 Å². The molecule has 0 spiro atoms. The number of fused-ring (bicyclic) bond motifs is 3. The van der Waals surface area contributed by atoms with Gasteiger partial charge in [-0.25, -0.2) is 0 Å². The third kappa shape index (κ3) is 3.41. The molecule has 2 heteroatoms. The van der Waals surface area contributed by atoms with Gasteiger partial charge in [-0.2, -0.15) is 10.0 Å². The van der Waals surface area contributed by atoms with Crippen molar-refractivity contribution in [3.8, 4) is 11.1 Å². The minimum Gasteiger partial charge on any atom is -0.255 e. The van der Waals surface area contributed by atoms with E-state index in [9.17, 15) is 0 Å². The van der Waals surface area contributed by atoms with Gasteiger partial charge in [0, 0.05) is 9.79 Å². The molecule has 132 valence electrons. The van der Waals surface area contributed by atoms with Gasteiger partial charge in [-0.3, -0.25) is 10.9 Å². The monoisotopic (exact) mass is 360 g/mol. The number of hydrogen-bond donors (Lipinski definition) is 1. The van der Waals surface area contributed by atoms with Crippen LogP contribution in [0.2, 0.25) is 0 Å². The molecule has 0 N–H and O–H groups in total. The van der Waals surface area contributed by atoms with Gasteiger partial charge in [-0.1, -0.05) is 45.0 Å². The molecular formula is C22H32S2. The summed E-state index contributed by atoms with van der Waals surface area (Å²) >= 11 is 0. The lowest BCUT2D eigenvalue weighted by Crippen LogP contribution is -2.09. The van der Waals surface area contributed by atoms with Crippen LogP contribution in [-0.2, 0) is 12.2 Å². The molecule has 0 fully saturated rings. The van der Waals surface area contributed by atoms with Crippen molar-refractivity contribution in [1.29, 1.82) is 0 Å². The van der Waals surface area contributed by atoms with E-state index in [1.807, 2.05) is 0 Å². The third-order valence-electron chi connectivity index (χ3n) is 4.71. The van der Waals surface area contributed by atoms with Crippen LogP contribution in [0.1, 0.15) is 31.9 Å². The molecule has 1 heterocycles. The van der Waals surface area contributed by atoms with Crippen molar-refractivity contribution in [1.82, 2.24) is 0 Å². The van der Waals surface area contributed by atoms with Crippen molar-refractivity contribution in [3.63, 3.8) is 0 Å². The Bertz CT molecular complexity index is 764. The summed E-state index contributed by atoms with van der Waals surface area (Å²) in [4.78, 5) is 3.17. The first kappa shape index (κ1) is 17.9. The fraction of sp³-hybridized carbons (Fsp3) is 0.455. The molecule has 0 aliphatic carbocycles. The predicted molar refractivity (Wildman–Crippen MR) is 116 cm³/mol. The average Bonchev–Trinajstić information content (AvgIpc) is 2.65. The second-order valence-corrected chi connectivity index (χ2v) is 15.0. The van der Waals surface area contributed by atoms with Crippen molar-refractivity contribution < 1.29 is 0 Å². The van der Waals surface area contributed by atoms with E-state index >= 15 is 0 Å². The van der Waals surface area contributed by atoms with Crippen LogP contribution < -0.4 is 0 Å². The lowest BCUT2D eigenvalue weighted by Gasteiger charge is -2.29. The van der Waals surface area contributed by atoms with Crippen LogP contribution in [0, 0.1) is 5.41 Å². The van der Waals surface area contributed by atoms with Gasteiger partial charge in [0.05, 0.1) is 0 Å². The standard InChI is InChI=1S/C22H32S2/c1-22(2,3)14-16-9-11-20-19(12-16)18-10-8-17(15-23(4)5)13-21(18)24(20,6)7/h8-13,23H,14-15H2,1-7H3. The number of hydrogen-bond acceptors (Lipinski definition) is 0. The number of benzene rings is 2. The lowest BCUT2D eigenvalue weighted by atomic mass is 9.87. The molecule has 2 aromatic carbocycles. The van der Waals surface area contributed by atoms with Gasteiger partial charge in [0.1, 0.15) is 0 Å². The number of rotatable bonds is 3. The van der Waals surface area contributed by atoms with Crippen molar-refractivity contribution in [2.24, 2.45) is 5.41 Å². The first-order valence-electron chi connectivity index (χ1n) is 8.72. The Morgan fingerprint density at radius 2 is 1.50 bits per heavy atom. The molecule has 1 aliphatic heterocycles. The predicted octanol–water partition coefficient (Wildman–Crippen LogP) is 6.50. The normalized spacial score (nSPS) is 17.2. The van der Waals surface area contributed by atoms with Gasteiger partial charge in [0.25, 0.3) is 0 Å². The molecule has 0 aromatic heterocycles. The Kier molecular flexibility index (Phi) is 4.59. The fourth-order valence-electron chi connectivity index (χ4n) is 3.75. The van der Waals surface area contributed by atoms with Crippen LogP contribution in [0.3, 0.4) is 0 Å². The molecule has 24 heavy (non-hydrogen) atoms.